The minimum atomic E-state index is 0.453. The molecule has 0 unspecified atom stereocenters. The third kappa shape index (κ3) is 3.03. The van der Waals surface area contributed by atoms with E-state index in [4.69, 9.17) is 11.6 Å². The Labute approximate surface area is 93.7 Å². The van der Waals surface area contributed by atoms with Crippen LogP contribution in [0.5, 0.6) is 0 Å². The molecule has 3 nitrogen and oxygen atoms in total. The van der Waals surface area contributed by atoms with E-state index in [1.54, 1.807) is 11.8 Å². The number of halogens is 1. The van der Waals surface area contributed by atoms with Gasteiger partial charge in [0.1, 0.15) is 0 Å². The number of anilines is 1. The van der Waals surface area contributed by atoms with Crippen LogP contribution in [0.1, 0.15) is 11.4 Å². The number of nitrogens with zero attached hydrogens (tertiary/aromatic N) is 2. The average Bonchev–Trinajstić information content (AvgIpc) is 2.14. The zero-order chi connectivity index (χ0) is 10.6. The Kier molecular flexibility index (Phi) is 4.48. The van der Waals surface area contributed by atoms with E-state index >= 15 is 0 Å². The van der Waals surface area contributed by atoms with Gasteiger partial charge in [-0.3, -0.25) is 0 Å². The summed E-state index contributed by atoms with van der Waals surface area (Å²) in [6, 6.07) is 0. The molecule has 1 aromatic heterocycles. The lowest BCUT2D eigenvalue weighted by Crippen LogP contribution is -2.08. The highest BCUT2D eigenvalue weighted by Gasteiger charge is 2.05. The summed E-state index contributed by atoms with van der Waals surface area (Å²) in [7, 11) is 0. The van der Waals surface area contributed by atoms with E-state index in [0.29, 0.717) is 11.0 Å². The number of aromatic nitrogens is 2. The fraction of sp³-hybridized carbons (Fsp3) is 0.556. The first kappa shape index (κ1) is 11.6. The molecule has 78 valence electrons. The van der Waals surface area contributed by atoms with Crippen molar-refractivity contribution in [1.82, 2.24) is 9.97 Å². The van der Waals surface area contributed by atoms with Crippen LogP contribution in [-0.2, 0) is 0 Å². The molecule has 0 aromatic carbocycles. The quantitative estimate of drug-likeness (QED) is 0.809. The molecule has 14 heavy (non-hydrogen) atoms. The highest BCUT2D eigenvalue weighted by molar-refractivity contribution is 7.98. The molecular weight excluding hydrogens is 218 g/mol. The van der Waals surface area contributed by atoms with Crippen LogP contribution in [0.15, 0.2) is 0 Å². The molecule has 0 amide bonds. The van der Waals surface area contributed by atoms with Crippen molar-refractivity contribution in [1.29, 1.82) is 0 Å². The lowest BCUT2D eigenvalue weighted by atomic mass is 10.3. The third-order valence-corrected chi connectivity index (χ3v) is 2.74. The van der Waals surface area contributed by atoms with Crippen molar-refractivity contribution in [3.63, 3.8) is 0 Å². The Morgan fingerprint density at radius 1 is 1.29 bits per heavy atom. The Bertz CT molecular complexity index is 317. The van der Waals surface area contributed by atoms with Crippen LogP contribution in [-0.4, -0.2) is 28.5 Å². The molecule has 0 saturated carbocycles. The molecule has 0 fully saturated rings. The van der Waals surface area contributed by atoms with Crippen LogP contribution in [0.2, 0.25) is 5.15 Å². The molecule has 5 heteroatoms. The number of hydrogen-bond acceptors (Lipinski definition) is 4. The second-order valence-corrected chi connectivity index (χ2v) is 4.30. The fourth-order valence-corrected chi connectivity index (χ4v) is 1.50. The second kappa shape index (κ2) is 5.41. The Hall–Kier alpha value is -0.480. The van der Waals surface area contributed by atoms with Crippen LogP contribution < -0.4 is 5.32 Å². The summed E-state index contributed by atoms with van der Waals surface area (Å²) < 4.78 is 0. The van der Waals surface area contributed by atoms with Gasteiger partial charge in [-0.1, -0.05) is 11.6 Å². The first-order chi connectivity index (χ1) is 6.65. The van der Waals surface area contributed by atoms with E-state index < -0.39 is 0 Å². The molecule has 0 radical (unpaired) electrons. The average molecular weight is 232 g/mol. The SMILES string of the molecule is CSCCNc1nc(C)c(C)nc1Cl. The molecule has 1 aromatic rings. The maximum atomic E-state index is 5.94. The van der Waals surface area contributed by atoms with Gasteiger partial charge >= 0.3 is 0 Å². The highest BCUT2D eigenvalue weighted by atomic mass is 35.5. The maximum absolute atomic E-state index is 5.94. The van der Waals surface area contributed by atoms with Gasteiger partial charge in [0.25, 0.3) is 0 Å². The van der Waals surface area contributed by atoms with Crippen LogP contribution in [0.4, 0.5) is 5.82 Å². The zero-order valence-corrected chi connectivity index (χ0v) is 10.2. The lowest BCUT2D eigenvalue weighted by Gasteiger charge is -2.08. The van der Waals surface area contributed by atoms with Gasteiger partial charge in [-0.15, -0.1) is 0 Å². The van der Waals surface area contributed by atoms with Crippen molar-refractivity contribution >= 4 is 29.2 Å². The molecule has 1 N–H and O–H groups in total. The topological polar surface area (TPSA) is 37.8 Å². The minimum Gasteiger partial charge on any atom is -0.367 e. The molecule has 0 aliphatic carbocycles. The molecular formula is C9H14ClN3S. The van der Waals surface area contributed by atoms with E-state index in [1.807, 2.05) is 13.8 Å². The van der Waals surface area contributed by atoms with Gasteiger partial charge < -0.3 is 5.32 Å². The monoisotopic (exact) mass is 231 g/mol. The van der Waals surface area contributed by atoms with Gasteiger partial charge in [0.05, 0.1) is 11.4 Å². The largest absolute Gasteiger partial charge is 0.367 e. The van der Waals surface area contributed by atoms with Gasteiger partial charge in [-0.25, -0.2) is 9.97 Å². The Morgan fingerprint density at radius 2 is 1.93 bits per heavy atom. The van der Waals surface area contributed by atoms with E-state index in [-0.39, 0.29) is 0 Å². The minimum absolute atomic E-state index is 0.453. The van der Waals surface area contributed by atoms with Crippen molar-refractivity contribution < 1.29 is 0 Å². The molecule has 0 spiro atoms. The van der Waals surface area contributed by atoms with Gasteiger partial charge in [-0.05, 0) is 20.1 Å². The van der Waals surface area contributed by atoms with Crippen LogP contribution in [0.3, 0.4) is 0 Å². The van der Waals surface area contributed by atoms with Crippen molar-refractivity contribution in [2.24, 2.45) is 0 Å². The van der Waals surface area contributed by atoms with E-state index in [9.17, 15) is 0 Å². The maximum Gasteiger partial charge on any atom is 0.171 e. The van der Waals surface area contributed by atoms with Crippen molar-refractivity contribution in [3.8, 4) is 0 Å². The van der Waals surface area contributed by atoms with Gasteiger partial charge in [0, 0.05) is 12.3 Å². The summed E-state index contributed by atoms with van der Waals surface area (Å²) in [5, 5.41) is 3.61. The lowest BCUT2D eigenvalue weighted by molar-refractivity contribution is 1.03. The molecule has 0 aliphatic rings. The number of hydrogen-bond donors (Lipinski definition) is 1. The normalized spacial score (nSPS) is 10.3. The summed E-state index contributed by atoms with van der Waals surface area (Å²) in [6.07, 6.45) is 2.06. The van der Waals surface area contributed by atoms with E-state index in [1.165, 1.54) is 0 Å². The summed E-state index contributed by atoms with van der Waals surface area (Å²) in [6.45, 7) is 4.69. The molecule has 0 bridgehead atoms. The Morgan fingerprint density at radius 3 is 2.57 bits per heavy atom. The standard InChI is InChI=1S/C9H14ClN3S/c1-6-7(2)13-9(8(10)12-6)11-4-5-14-3/h4-5H2,1-3H3,(H,11,13). The number of nitrogens with one attached hydrogen (secondary N) is 1. The predicted octanol–water partition coefficient (Wildman–Crippen LogP) is 2.52. The first-order valence-electron chi connectivity index (χ1n) is 4.38. The molecule has 0 saturated heterocycles. The zero-order valence-electron chi connectivity index (χ0n) is 8.59. The van der Waals surface area contributed by atoms with Gasteiger partial charge in [0.15, 0.2) is 11.0 Å². The Balaban J connectivity index is 2.72. The second-order valence-electron chi connectivity index (χ2n) is 2.95. The molecule has 0 atom stereocenters. The van der Waals surface area contributed by atoms with Crippen molar-refractivity contribution in [3.05, 3.63) is 16.5 Å². The van der Waals surface area contributed by atoms with E-state index in [2.05, 4.69) is 21.5 Å². The smallest absolute Gasteiger partial charge is 0.171 e. The summed E-state index contributed by atoms with van der Waals surface area (Å²) in [5.74, 6) is 1.72. The predicted molar refractivity (Wildman–Crippen MR) is 63.4 cm³/mol. The number of rotatable bonds is 4. The fourth-order valence-electron chi connectivity index (χ4n) is 0.960. The number of aryl methyl sites for hydroxylation is 2. The molecule has 1 rings (SSSR count). The van der Waals surface area contributed by atoms with Crippen molar-refractivity contribution in [2.45, 2.75) is 13.8 Å². The van der Waals surface area contributed by atoms with Gasteiger partial charge in [-0.2, -0.15) is 11.8 Å². The summed E-state index contributed by atoms with van der Waals surface area (Å²) in [5.41, 5.74) is 1.80. The first-order valence-corrected chi connectivity index (χ1v) is 6.16. The summed E-state index contributed by atoms with van der Waals surface area (Å²) in [4.78, 5) is 8.51. The third-order valence-electron chi connectivity index (χ3n) is 1.86. The van der Waals surface area contributed by atoms with Gasteiger partial charge in [0.2, 0.25) is 0 Å². The summed E-state index contributed by atoms with van der Waals surface area (Å²) >= 11 is 7.72. The van der Waals surface area contributed by atoms with Crippen LogP contribution in [0, 0.1) is 13.8 Å². The molecule has 0 aliphatic heterocycles. The molecule has 1 heterocycles. The highest BCUT2D eigenvalue weighted by Crippen LogP contribution is 2.18. The van der Waals surface area contributed by atoms with E-state index in [0.717, 1.165) is 23.7 Å². The van der Waals surface area contributed by atoms with Crippen LogP contribution in [0.25, 0.3) is 0 Å². The number of thioether (sulfide) groups is 1. The van der Waals surface area contributed by atoms with Crippen LogP contribution >= 0.6 is 23.4 Å². The van der Waals surface area contributed by atoms with Crippen molar-refractivity contribution in [2.75, 3.05) is 23.9 Å².